The van der Waals surface area contributed by atoms with E-state index in [1.54, 1.807) is 18.2 Å². The van der Waals surface area contributed by atoms with E-state index < -0.39 is 0 Å². The Kier molecular flexibility index (Phi) is 4.54. The van der Waals surface area contributed by atoms with Crippen molar-refractivity contribution in [2.45, 2.75) is 6.54 Å². The van der Waals surface area contributed by atoms with Gasteiger partial charge in [-0.1, -0.05) is 36.4 Å². The summed E-state index contributed by atoms with van der Waals surface area (Å²) in [5.41, 5.74) is 2.52. The number of nitrogens with one attached hydrogen (secondary N) is 2. The summed E-state index contributed by atoms with van der Waals surface area (Å²) in [6.07, 6.45) is 1.74. The summed E-state index contributed by atoms with van der Waals surface area (Å²) in [7, 11) is 1.61. The number of para-hydroxylation sites is 2. The SMILES string of the molecule is COc1ccccc1CNC(=O)C1CN(C(=O)c2c[nH]c3ccccc23)C1. The Balaban J connectivity index is 1.33. The van der Waals surface area contributed by atoms with Gasteiger partial charge in [-0.15, -0.1) is 0 Å². The minimum absolute atomic E-state index is 0.0381. The van der Waals surface area contributed by atoms with Crippen molar-refractivity contribution in [3.63, 3.8) is 0 Å². The molecule has 1 aromatic heterocycles. The van der Waals surface area contributed by atoms with Crippen LogP contribution < -0.4 is 10.1 Å². The highest BCUT2D eigenvalue weighted by molar-refractivity contribution is 6.07. The maximum absolute atomic E-state index is 12.7. The Morgan fingerprint density at radius 2 is 1.89 bits per heavy atom. The van der Waals surface area contributed by atoms with Crippen LogP contribution in [0.4, 0.5) is 0 Å². The molecule has 0 saturated carbocycles. The second-order valence-corrected chi connectivity index (χ2v) is 6.68. The van der Waals surface area contributed by atoms with E-state index in [1.807, 2.05) is 48.5 Å². The van der Waals surface area contributed by atoms with Crippen LogP contribution in [-0.4, -0.2) is 41.9 Å². The zero-order valence-corrected chi connectivity index (χ0v) is 15.1. The molecular weight excluding hydrogens is 342 g/mol. The number of carbonyl (C=O) groups excluding carboxylic acids is 2. The Labute approximate surface area is 157 Å². The Bertz CT molecular complexity index is 989. The third kappa shape index (κ3) is 3.26. The molecule has 1 aliphatic rings. The summed E-state index contributed by atoms with van der Waals surface area (Å²) in [4.78, 5) is 29.9. The lowest BCUT2D eigenvalue weighted by atomic mass is 9.97. The summed E-state index contributed by atoms with van der Waals surface area (Å²) in [6.45, 7) is 1.29. The second kappa shape index (κ2) is 7.15. The van der Waals surface area contributed by atoms with Crippen LogP contribution in [0.5, 0.6) is 5.75 Å². The fourth-order valence-corrected chi connectivity index (χ4v) is 3.40. The number of rotatable bonds is 5. The highest BCUT2D eigenvalue weighted by atomic mass is 16.5. The van der Waals surface area contributed by atoms with Crippen molar-refractivity contribution >= 4 is 22.7 Å². The molecule has 2 aromatic carbocycles. The molecule has 2 N–H and O–H groups in total. The van der Waals surface area contributed by atoms with Crippen molar-refractivity contribution in [3.8, 4) is 5.75 Å². The molecule has 27 heavy (non-hydrogen) atoms. The van der Waals surface area contributed by atoms with Crippen LogP contribution in [0.2, 0.25) is 0 Å². The molecule has 6 nitrogen and oxygen atoms in total. The predicted octanol–water partition coefficient (Wildman–Crippen LogP) is 2.56. The van der Waals surface area contributed by atoms with Crippen LogP contribution in [0.1, 0.15) is 15.9 Å². The van der Waals surface area contributed by atoms with Crippen LogP contribution in [0.15, 0.2) is 54.7 Å². The van der Waals surface area contributed by atoms with Gasteiger partial charge in [-0.05, 0) is 12.1 Å². The summed E-state index contributed by atoms with van der Waals surface area (Å²) >= 11 is 0. The molecule has 0 atom stereocenters. The molecule has 0 radical (unpaired) electrons. The summed E-state index contributed by atoms with van der Waals surface area (Å²) in [5.74, 6) is 0.501. The monoisotopic (exact) mass is 363 g/mol. The number of H-pyrrole nitrogens is 1. The number of nitrogens with zero attached hydrogens (tertiary/aromatic N) is 1. The van der Waals surface area contributed by atoms with Crippen molar-refractivity contribution in [1.29, 1.82) is 0 Å². The van der Waals surface area contributed by atoms with E-state index in [0.29, 0.717) is 25.2 Å². The molecule has 0 spiro atoms. The number of hydrogen-bond acceptors (Lipinski definition) is 3. The molecule has 6 heteroatoms. The third-order valence-electron chi connectivity index (χ3n) is 5.00. The van der Waals surface area contributed by atoms with Gasteiger partial charge in [0.1, 0.15) is 5.75 Å². The summed E-state index contributed by atoms with van der Waals surface area (Å²) < 4.78 is 5.30. The largest absolute Gasteiger partial charge is 0.496 e. The van der Waals surface area contributed by atoms with Gasteiger partial charge in [0.05, 0.1) is 18.6 Å². The average molecular weight is 363 g/mol. The standard InChI is InChI=1S/C21H21N3O3/c1-27-19-9-5-2-6-14(19)10-23-20(25)15-12-24(13-15)21(26)17-11-22-18-8-4-3-7-16(17)18/h2-9,11,15,22H,10,12-13H2,1H3,(H,23,25). The van der Waals surface area contributed by atoms with Crippen molar-refractivity contribution in [2.24, 2.45) is 5.92 Å². The number of methoxy groups -OCH3 is 1. The molecule has 2 heterocycles. The summed E-state index contributed by atoms with van der Waals surface area (Å²) in [5, 5.41) is 3.85. The summed E-state index contributed by atoms with van der Waals surface area (Å²) in [6, 6.07) is 15.3. The third-order valence-corrected chi connectivity index (χ3v) is 5.00. The molecule has 1 fully saturated rings. The smallest absolute Gasteiger partial charge is 0.256 e. The first-order chi connectivity index (χ1) is 13.2. The predicted molar refractivity (Wildman–Crippen MR) is 103 cm³/mol. The van der Waals surface area contributed by atoms with Crippen LogP contribution in [0, 0.1) is 5.92 Å². The number of likely N-dealkylation sites (tertiary alicyclic amines) is 1. The van der Waals surface area contributed by atoms with Gasteiger partial charge >= 0.3 is 0 Å². The van der Waals surface area contributed by atoms with Gasteiger partial charge in [0.2, 0.25) is 5.91 Å². The number of ether oxygens (including phenoxy) is 1. The normalized spacial score (nSPS) is 14.0. The number of aromatic amines is 1. The lowest BCUT2D eigenvalue weighted by Crippen LogP contribution is -2.55. The van der Waals surface area contributed by atoms with E-state index in [2.05, 4.69) is 10.3 Å². The molecule has 2 amide bonds. The first-order valence-electron chi connectivity index (χ1n) is 8.92. The molecule has 0 bridgehead atoms. The van der Waals surface area contributed by atoms with E-state index in [1.165, 1.54) is 0 Å². The van der Waals surface area contributed by atoms with Gasteiger partial charge in [-0.2, -0.15) is 0 Å². The van der Waals surface area contributed by atoms with E-state index in [4.69, 9.17) is 4.74 Å². The molecule has 3 aromatic rings. The Morgan fingerprint density at radius 1 is 1.15 bits per heavy atom. The maximum Gasteiger partial charge on any atom is 0.256 e. The van der Waals surface area contributed by atoms with Crippen LogP contribution in [-0.2, 0) is 11.3 Å². The lowest BCUT2D eigenvalue weighted by molar-refractivity contribution is -0.129. The quantitative estimate of drug-likeness (QED) is 0.732. The molecule has 0 unspecified atom stereocenters. The van der Waals surface area contributed by atoms with Gasteiger partial charge < -0.3 is 19.9 Å². The van der Waals surface area contributed by atoms with E-state index in [-0.39, 0.29) is 17.7 Å². The van der Waals surface area contributed by atoms with Gasteiger partial charge in [0, 0.05) is 42.3 Å². The van der Waals surface area contributed by atoms with Crippen LogP contribution in [0.25, 0.3) is 10.9 Å². The van der Waals surface area contributed by atoms with E-state index >= 15 is 0 Å². The molecular formula is C21H21N3O3. The number of hydrogen-bond donors (Lipinski definition) is 2. The number of amides is 2. The molecule has 4 rings (SSSR count). The number of benzene rings is 2. The zero-order chi connectivity index (χ0) is 18.8. The Hall–Kier alpha value is -3.28. The van der Waals surface area contributed by atoms with Crippen molar-refractivity contribution in [2.75, 3.05) is 20.2 Å². The molecule has 138 valence electrons. The van der Waals surface area contributed by atoms with Gasteiger partial charge in [-0.3, -0.25) is 9.59 Å². The maximum atomic E-state index is 12.7. The highest BCUT2D eigenvalue weighted by Crippen LogP contribution is 2.24. The van der Waals surface area contributed by atoms with Gasteiger partial charge in [0.25, 0.3) is 5.91 Å². The second-order valence-electron chi connectivity index (χ2n) is 6.68. The van der Waals surface area contributed by atoms with Crippen LogP contribution >= 0.6 is 0 Å². The van der Waals surface area contributed by atoms with Crippen molar-refractivity contribution in [1.82, 2.24) is 15.2 Å². The minimum atomic E-state index is -0.172. The van der Waals surface area contributed by atoms with Gasteiger partial charge in [-0.25, -0.2) is 0 Å². The average Bonchev–Trinajstić information content (AvgIpc) is 3.09. The fourth-order valence-electron chi connectivity index (χ4n) is 3.40. The molecule has 1 aliphatic heterocycles. The van der Waals surface area contributed by atoms with Crippen molar-refractivity contribution in [3.05, 3.63) is 65.9 Å². The number of fused-ring (bicyclic) bond motifs is 1. The molecule has 1 saturated heterocycles. The number of aromatic nitrogens is 1. The topological polar surface area (TPSA) is 74.4 Å². The fraction of sp³-hybridized carbons (Fsp3) is 0.238. The van der Waals surface area contributed by atoms with E-state index in [0.717, 1.165) is 22.2 Å². The lowest BCUT2D eigenvalue weighted by Gasteiger charge is -2.38. The first kappa shape index (κ1) is 17.1. The number of carbonyl (C=O) groups is 2. The van der Waals surface area contributed by atoms with Crippen LogP contribution in [0.3, 0.4) is 0 Å². The van der Waals surface area contributed by atoms with Gasteiger partial charge in [0.15, 0.2) is 0 Å². The van der Waals surface area contributed by atoms with E-state index in [9.17, 15) is 9.59 Å². The Morgan fingerprint density at radius 3 is 2.70 bits per heavy atom. The zero-order valence-electron chi connectivity index (χ0n) is 15.1. The minimum Gasteiger partial charge on any atom is -0.496 e. The first-order valence-corrected chi connectivity index (χ1v) is 8.92. The molecule has 0 aliphatic carbocycles. The van der Waals surface area contributed by atoms with Crippen molar-refractivity contribution < 1.29 is 14.3 Å². The highest BCUT2D eigenvalue weighted by Gasteiger charge is 2.36.